The largest absolute Gasteiger partial charge is 0.497 e. The monoisotopic (exact) mass is 583 g/mol. The third-order valence-corrected chi connectivity index (χ3v) is 8.81. The third-order valence-electron chi connectivity index (χ3n) is 8.81. The van der Waals surface area contributed by atoms with Crippen LogP contribution in [0.1, 0.15) is 29.2 Å². The van der Waals surface area contributed by atoms with Crippen molar-refractivity contribution >= 4 is 22.5 Å². The minimum atomic E-state index is -0.841. The zero-order chi connectivity index (χ0) is 30.1. The van der Waals surface area contributed by atoms with E-state index < -0.39 is 11.7 Å². The Balaban J connectivity index is 1.45. The number of aliphatic hydroxyl groups excluding tert-OH is 1. The van der Waals surface area contributed by atoms with Gasteiger partial charge in [-0.25, -0.2) is 0 Å². The molecule has 0 bridgehead atoms. The van der Waals surface area contributed by atoms with Crippen LogP contribution in [0.5, 0.6) is 11.5 Å². The van der Waals surface area contributed by atoms with Gasteiger partial charge >= 0.3 is 0 Å². The number of anilines is 1. The van der Waals surface area contributed by atoms with Gasteiger partial charge in [-0.2, -0.15) is 0 Å². The van der Waals surface area contributed by atoms with Crippen LogP contribution >= 0.6 is 0 Å². The maximum Gasteiger partial charge on any atom is 0.178 e. The first-order valence-electron chi connectivity index (χ1n) is 15.3. The Labute approximate surface area is 258 Å². The molecule has 7 rings (SSSR count). The molecule has 5 nitrogen and oxygen atoms in total. The summed E-state index contributed by atoms with van der Waals surface area (Å²) >= 11 is 0. The Hall–Kier alpha value is -4.58. The summed E-state index contributed by atoms with van der Waals surface area (Å²) < 4.78 is 18.4. The number of nitrogens with zero attached hydrogens (tertiary/aromatic N) is 1. The second kappa shape index (κ2) is 11.8. The van der Waals surface area contributed by atoms with E-state index in [1.54, 1.807) is 7.11 Å². The Morgan fingerprint density at radius 3 is 2.16 bits per heavy atom. The molecule has 44 heavy (non-hydrogen) atoms. The molecule has 222 valence electrons. The molecule has 2 aliphatic heterocycles. The maximum absolute atomic E-state index is 10.7. The van der Waals surface area contributed by atoms with Crippen LogP contribution in [0.3, 0.4) is 0 Å². The predicted octanol–water partition coefficient (Wildman–Crippen LogP) is 7.62. The average molecular weight is 584 g/mol. The van der Waals surface area contributed by atoms with Gasteiger partial charge in [0.1, 0.15) is 11.5 Å². The number of benzene rings is 5. The third kappa shape index (κ3) is 5.02. The van der Waals surface area contributed by atoms with Gasteiger partial charge in [0, 0.05) is 40.9 Å². The van der Waals surface area contributed by atoms with Crippen LogP contribution in [0.15, 0.2) is 109 Å². The van der Waals surface area contributed by atoms with Gasteiger partial charge in [-0.05, 0) is 71.8 Å². The van der Waals surface area contributed by atoms with Crippen molar-refractivity contribution in [1.29, 1.82) is 0 Å². The van der Waals surface area contributed by atoms with Crippen molar-refractivity contribution in [3.63, 3.8) is 0 Å². The van der Waals surface area contributed by atoms with Gasteiger partial charge in [0.2, 0.25) is 0 Å². The van der Waals surface area contributed by atoms with Crippen molar-refractivity contribution in [2.45, 2.75) is 25.0 Å². The first kappa shape index (κ1) is 28.2. The first-order valence-corrected chi connectivity index (χ1v) is 15.3. The Bertz CT molecular complexity index is 1790. The zero-order valence-electron chi connectivity index (χ0n) is 25.2. The van der Waals surface area contributed by atoms with Gasteiger partial charge in [0.15, 0.2) is 5.60 Å². The van der Waals surface area contributed by atoms with Gasteiger partial charge in [0.25, 0.3) is 0 Å². The van der Waals surface area contributed by atoms with Gasteiger partial charge in [-0.3, -0.25) is 0 Å². The van der Waals surface area contributed by atoms with E-state index in [0.717, 1.165) is 82.0 Å². The van der Waals surface area contributed by atoms with Crippen molar-refractivity contribution in [3.8, 4) is 22.6 Å². The second-order valence-electron chi connectivity index (χ2n) is 11.6. The van der Waals surface area contributed by atoms with Crippen molar-refractivity contribution in [1.82, 2.24) is 0 Å². The molecular weight excluding hydrogens is 546 g/mol. The standard InChI is InChI=1S/C39H37NO4/c1-27(41)26-36-33-10-6-7-11-34(33)38-35(37(36)28-12-16-31(17-13-28)40-22-24-43-25-23-40)20-21-39(44-38,29-8-4-3-5-9-29)30-14-18-32(42-2)19-15-30/h3-21,27,41H,22-26H2,1-2H3. The lowest BCUT2D eigenvalue weighted by molar-refractivity contribution is 0.122. The summed E-state index contributed by atoms with van der Waals surface area (Å²) in [5.74, 6) is 1.64. The van der Waals surface area contributed by atoms with E-state index in [4.69, 9.17) is 14.2 Å². The van der Waals surface area contributed by atoms with E-state index in [1.807, 2.05) is 25.1 Å². The van der Waals surface area contributed by atoms with E-state index >= 15 is 0 Å². The number of morpholine rings is 1. The Kier molecular flexibility index (Phi) is 7.59. The molecule has 5 aromatic rings. The summed E-state index contributed by atoms with van der Waals surface area (Å²) in [5, 5.41) is 12.8. The molecule has 2 heterocycles. The normalized spacial score (nSPS) is 18.5. The van der Waals surface area contributed by atoms with E-state index in [1.165, 1.54) is 5.69 Å². The topological polar surface area (TPSA) is 51.2 Å². The first-order chi connectivity index (χ1) is 21.6. The summed E-state index contributed by atoms with van der Waals surface area (Å²) in [7, 11) is 1.68. The smallest absolute Gasteiger partial charge is 0.178 e. The molecule has 2 atom stereocenters. The highest BCUT2D eigenvalue weighted by molar-refractivity contribution is 6.02. The van der Waals surface area contributed by atoms with Crippen molar-refractivity contribution in [2.24, 2.45) is 0 Å². The number of hydrogen-bond donors (Lipinski definition) is 1. The van der Waals surface area contributed by atoms with Crippen LogP contribution in [0.25, 0.3) is 28.0 Å². The molecule has 2 aliphatic rings. The maximum atomic E-state index is 10.7. The highest BCUT2D eigenvalue weighted by atomic mass is 16.5. The van der Waals surface area contributed by atoms with Crippen molar-refractivity contribution < 1.29 is 19.3 Å². The summed E-state index contributed by atoms with van der Waals surface area (Å²) in [6.45, 7) is 5.13. The molecule has 0 radical (unpaired) electrons. The van der Waals surface area contributed by atoms with Gasteiger partial charge in [-0.1, -0.05) is 78.9 Å². The van der Waals surface area contributed by atoms with E-state index in [9.17, 15) is 5.11 Å². The summed E-state index contributed by atoms with van der Waals surface area (Å²) in [5.41, 5.74) is 6.76. The number of fused-ring (bicyclic) bond motifs is 3. The molecule has 1 saturated heterocycles. The summed E-state index contributed by atoms with van der Waals surface area (Å²) in [6.07, 6.45) is 4.43. The molecule has 5 aromatic carbocycles. The number of hydrogen-bond acceptors (Lipinski definition) is 5. The molecule has 0 aromatic heterocycles. The molecule has 0 saturated carbocycles. The van der Waals surface area contributed by atoms with Gasteiger partial charge < -0.3 is 24.2 Å². The minimum Gasteiger partial charge on any atom is -0.497 e. The number of rotatable bonds is 7. The number of methoxy groups -OCH3 is 1. The van der Waals surface area contributed by atoms with E-state index in [2.05, 4.69) is 102 Å². The van der Waals surface area contributed by atoms with Crippen molar-refractivity contribution in [3.05, 3.63) is 131 Å². The highest BCUT2D eigenvalue weighted by Crippen LogP contribution is 2.50. The minimum absolute atomic E-state index is 0.501. The van der Waals surface area contributed by atoms with E-state index in [-0.39, 0.29) is 0 Å². The van der Waals surface area contributed by atoms with Crippen LogP contribution in [0.2, 0.25) is 0 Å². The molecule has 5 heteroatoms. The molecule has 1 N–H and O–H groups in total. The summed E-state index contributed by atoms with van der Waals surface area (Å²) in [6, 6.07) is 35.7. The fourth-order valence-electron chi connectivity index (χ4n) is 6.66. The second-order valence-corrected chi connectivity index (χ2v) is 11.6. The van der Waals surface area contributed by atoms with Crippen LogP contribution in [0.4, 0.5) is 5.69 Å². The highest BCUT2D eigenvalue weighted by Gasteiger charge is 2.39. The van der Waals surface area contributed by atoms with Crippen LogP contribution in [-0.4, -0.2) is 44.6 Å². The van der Waals surface area contributed by atoms with E-state index in [0.29, 0.717) is 6.42 Å². The molecule has 0 amide bonds. The lowest BCUT2D eigenvalue weighted by Gasteiger charge is -2.38. The fourth-order valence-corrected chi connectivity index (χ4v) is 6.66. The quantitative estimate of drug-likeness (QED) is 0.214. The van der Waals surface area contributed by atoms with Gasteiger partial charge in [-0.15, -0.1) is 0 Å². The lowest BCUT2D eigenvalue weighted by Crippen LogP contribution is -2.36. The molecule has 2 unspecified atom stereocenters. The van der Waals surface area contributed by atoms with Gasteiger partial charge in [0.05, 0.1) is 26.4 Å². The van der Waals surface area contributed by atoms with Crippen molar-refractivity contribution in [2.75, 3.05) is 38.3 Å². The predicted molar refractivity (Wildman–Crippen MR) is 178 cm³/mol. The zero-order valence-corrected chi connectivity index (χ0v) is 25.2. The summed E-state index contributed by atoms with van der Waals surface area (Å²) in [4.78, 5) is 2.37. The molecule has 0 aliphatic carbocycles. The number of aliphatic hydroxyl groups is 1. The molecule has 1 fully saturated rings. The Morgan fingerprint density at radius 1 is 0.818 bits per heavy atom. The number of ether oxygens (including phenoxy) is 3. The molecular formula is C39H37NO4. The average Bonchev–Trinajstić information content (AvgIpc) is 3.09. The van der Waals surface area contributed by atoms with Crippen LogP contribution < -0.4 is 14.4 Å². The van der Waals surface area contributed by atoms with Crippen LogP contribution in [-0.2, 0) is 16.8 Å². The van der Waals surface area contributed by atoms with Crippen LogP contribution in [0, 0.1) is 0 Å². The SMILES string of the molecule is COc1ccc(C2(c3ccccc3)C=Cc3c(-c4ccc(N5CCOCC5)cc4)c(CC(C)O)c4ccccc4c3O2)cc1. The fraction of sp³-hybridized carbons (Fsp3) is 0.231. The lowest BCUT2D eigenvalue weighted by atomic mass is 9.80. The Morgan fingerprint density at radius 2 is 1.48 bits per heavy atom. The molecule has 0 spiro atoms.